The number of carbonyl (C=O) groups excluding carboxylic acids is 3. The first-order valence-electron chi connectivity index (χ1n) is 7.62. The van der Waals surface area contributed by atoms with Gasteiger partial charge in [0.1, 0.15) is 5.75 Å². The quantitative estimate of drug-likeness (QED) is 0.810. The number of hydrogen-bond donors (Lipinski definition) is 1. The van der Waals surface area contributed by atoms with Crippen LogP contribution in [0, 0.1) is 0 Å². The highest BCUT2D eigenvalue weighted by Crippen LogP contribution is 2.32. The van der Waals surface area contributed by atoms with E-state index in [0.717, 1.165) is 0 Å². The Hall–Kier alpha value is -3.55. The fourth-order valence-electron chi connectivity index (χ4n) is 2.30. The van der Waals surface area contributed by atoms with Gasteiger partial charge in [-0.2, -0.15) is 0 Å². The Balaban J connectivity index is 1.55. The molecule has 0 fully saturated rings. The van der Waals surface area contributed by atoms with Crippen molar-refractivity contribution in [3.63, 3.8) is 0 Å². The zero-order valence-electron chi connectivity index (χ0n) is 13.8. The molecule has 3 rings (SSSR count). The summed E-state index contributed by atoms with van der Waals surface area (Å²) in [5.41, 5.74) is 0.406. The first-order chi connectivity index (χ1) is 12.6. The fourth-order valence-corrected chi connectivity index (χ4v) is 2.30. The van der Waals surface area contributed by atoms with Crippen LogP contribution in [0.2, 0.25) is 0 Å². The van der Waals surface area contributed by atoms with Gasteiger partial charge >= 0.3 is 5.97 Å². The first kappa shape index (κ1) is 17.3. The van der Waals surface area contributed by atoms with Crippen molar-refractivity contribution in [1.29, 1.82) is 0 Å². The Morgan fingerprint density at radius 2 is 1.85 bits per heavy atom. The van der Waals surface area contributed by atoms with Gasteiger partial charge in [-0.3, -0.25) is 14.9 Å². The van der Waals surface area contributed by atoms with Crippen LogP contribution in [0.4, 0.5) is 0 Å². The number of rotatable bonds is 5. The molecular weight excluding hydrogens is 342 g/mol. The molecule has 2 aromatic rings. The maximum absolute atomic E-state index is 12.1. The predicted molar refractivity (Wildman–Crippen MR) is 88.3 cm³/mol. The Morgan fingerprint density at radius 3 is 2.65 bits per heavy atom. The molecule has 134 valence electrons. The molecule has 0 saturated carbocycles. The van der Waals surface area contributed by atoms with Crippen LogP contribution in [0.3, 0.4) is 0 Å². The van der Waals surface area contributed by atoms with Gasteiger partial charge in [0.2, 0.25) is 6.79 Å². The molecule has 0 saturated heterocycles. The number of imide groups is 1. The number of para-hydroxylation sites is 1. The van der Waals surface area contributed by atoms with E-state index in [1.807, 2.05) is 0 Å². The number of hydrogen-bond acceptors (Lipinski definition) is 7. The summed E-state index contributed by atoms with van der Waals surface area (Å²) >= 11 is 0. The molecule has 8 nitrogen and oxygen atoms in total. The number of methoxy groups -OCH3 is 1. The van der Waals surface area contributed by atoms with Gasteiger partial charge in [-0.15, -0.1) is 0 Å². The van der Waals surface area contributed by atoms with Gasteiger partial charge in [0, 0.05) is 0 Å². The number of benzene rings is 2. The van der Waals surface area contributed by atoms with E-state index in [2.05, 4.69) is 5.32 Å². The van der Waals surface area contributed by atoms with Gasteiger partial charge in [0.05, 0.1) is 18.2 Å². The van der Waals surface area contributed by atoms with Crippen LogP contribution in [0.1, 0.15) is 20.7 Å². The van der Waals surface area contributed by atoms with Crippen molar-refractivity contribution in [2.75, 3.05) is 20.5 Å². The van der Waals surface area contributed by atoms with Crippen LogP contribution >= 0.6 is 0 Å². The Kier molecular flexibility index (Phi) is 5.02. The molecular formula is C18H15NO7. The molecule has 0 spiro atoms. The minimum absolute atomic E-state index is 0.0846. The van der Waals surface area contributed by atoms with Crippen molar-refractivity contribution in [3.05, 3.63) is 53.6 Å². The standard InChI is InChI=1S/C18H15NO7/c1-23-13-5-3-2-4-12(13)17(21)19-16(20)9-24-18(22)11-6-7-14-15(8-11)26-10-25-14/h2-8H,9-10H2,1H3,(H,19,20,21). The average Bonchev–Trinajstić information content (AvgIpc) is 3.13. The summed E-state index contributed by atoms with van der Waals surface area (Å²) in [7, 11) is 1.42. The van der Waals surface area contributed by atoms with Gasteiger partial charge in [-0.25, -0.2) is 4.79 Å². The lowest BCUT2D eigenvalue weighted by atomic mass is 10.2. The molecule has 1 N–H and O–H groups in total. The van der Waals surface area contributed by atoms with Crippen LogP contribution in [0.15, 0.2) is 42.5 Å². The second-order valence-electron chi connectivity index (χ2n) is 5.22. The van der Waals surface area contributed by atoms with Crippen LogP contribution < -0.4 is 19.5 Å². The maximum atomic E-state index is 12.1. The van der Waals surface area contributed by atoms with E-state index in [-0.39, 0.29) is 17.9 Å². The van der Waals surface area contributed by atoms with E-state index in [9.17, 15) is 14.4 Å². The molecule has 0 aliphatic carbocycles. The number of esters is 1. The zero-order valence-corrected chi connectivity index (χ0v) is 13.8. The van der Waals surface area contributed by atoms with Crippen molar-refractivity contribution < 1.29 is 33.3 Å². The van der Waals surface area contributed by atoms with Crippen molar-refractivity contribution in [1.82, 2.24) is 5.32 Å². The van der Waals surface area contributed by atoms with Gasteiger partial charge < -0.3 is 18.9 Å². The van der Waals surface area contributed by atoms with E-state index < -0.39 is 24.4 Å². The lowest BCUT2D eigenvalue weighted by Crippen LogP contribution is -2.34. The molecule has 0 atom stereocenters. The first-order valence-corrected chi connectivity index (χ1v) is 7.62. The summed E-state index contributed by atoms with van der Waals surface area (Å²) in [6, 6.07) is 11.0. The third kappa shape index (κ3) is 3.75. The summed E-state index contributed by atoms with van der Waals surface area (Å²) in [6.45, 7) is -0.518. The van der Waals surface area contributed by atoms with E-state index >= 15 is 0 Å². The zero-order chi connectivity index (χ0) is 18.5. The van der Waals surface area contributed by atoms with Crippen molar-refractivity contribution in [2.24, 2.45) is 0 Å². The molecule has 2 amide bonds. The lowest BCUT2D eigenvalue weighted by Gasteiger charge is -2.09. The molecule has 1 aliphatic rings. The summed E-state index contributed by atoms with van der Waals surface area (Å²) < 4.78 is 20.3. The molecule has 1 heterocycles. The average molecular weight is 357 g/mol. The monoisotopic (exact) mass is 357 g/mol. The SMILES string of the molecule is COc1ccccc1C(=O)NC(=O)COC(=O)c1ccc2c(c1)OCO2. The minimum atomic E-state index is -0.755. The van der Waals surface area contributed by atoms with Crippen LogP contribution in [-0.2, 0) is 9.53 Å². The molecule has 0 aromatic heterocycles. The van der Waals surface area contributed by atoms with Crippen molar-refractivity contribution in [2.45, 2.75) is 0 Å². The summed E-state index contributed by atoms with van der Waals surface area (Å²) in [6.07, 6.45) is 0. The highest BCUT2D eigenvalue weighted by Gasteiger charge is 2.19. The third-order valence-electron chi connectivity index (χ3n) is 3.55. The molecule has 0 radical (unpaired) electrons. The van der Waals surface area contributed by atoms with E-state index in [4.69, 9.17) is 18.9 Å². The molecule has 0 bridgehead atoms. The highest BCUT2D eigenvalue weighted by atomic mass is 16.7. The van der Waals surface area contributed by atoms with Gasteiger partial charge in [-0.05, 0) is 30.3 Å². The van der Waals surface area contributed by atoms with Gasteiger partial charge in [0.15, 0.2) is 18.1 Å². The fraction of sp³-hybridized carbons (Fsp3) is 0.167. The number of nitrogens with one attached hydrogen (secondary N) is 1. The summed E-state index contributed by atoms with van der Waals surface area (Å²) in [4.78, 5) is 36.0. The topological polar surface area (TPSA) is 100 Å². The summed E-state index contributed by atoms with van der Waals surface area (Å²) in [5.74, 6) is -0.836. The van der Waals surface area contributed by atoms with Gasteiger partial charge in [-0.1, -0.05) is 12.1 Å². The van der Waals surface area contributed by atoms with Crippen LogP contribution in [0.5, 0.6) is 17.2 Å². The number of fused-ring (bicyclic) bond motifs is 1. The third-order valence-corrected chi connectivity index (χ3v) is 3.55. The lowest BCUT2D eigenvalue weighted by molar-refractivity contribution is -0.123. The Morgan fingerprint density at radius 1 is 1.08 bits per heavy atom. The number of ether oxygens (including phenoxy) is 4. The second kappa shape index (κ2) is 7.56. The molecule has 1 aliphatic heterocycles. The molecule has 0 unspecified atom stereocenters. The maximum Gasteiger partial charge on any atom is 0.338 e. The van der Waals surface area contributed by atoms with Crippen LogP contribution in [-0.4, -0.2) is 38.3 Å². The smallest absolute Gasteiger partial charge is 0.338 e. The number of carbonyl (C=O) groups is 3. The molecule has 8 heteroatoms. The van der Waals surface area contributed by atoms with E-state index in [1.54, 1.807) is 24.3 Å². The van der Waals surface area contributed by atoms with Gasteiger partial charge in [0.25, 0.3) is 11.8 Å². The van der Waals surface area contributed by atoms with Crippen LogP contribution in [0.25, 0.3) is 0 Å². The molecule has 2 aromatic carbocycles. The highest BCUT2D eigenvalue weighted by molar-refractivity contribution is 6.07. The minimum Gasteiger partial charge on any atom is -0.496 e. The Bertz CT molecular complexity index is 862. The van der Waals surface area contributed by atoms with E-state index in [0.29, 0.717) is 17.2 Å². The number of amides is 2. The second-order valence-corrected chi connectivity index (χ2v) is 5.22. The predicted octanol–water partition coefficient (Wildman–Crippen LogP) is 1.54. The summed E-state index contributed by atoms with van der Waals surface area (Å²) in [5, 5.41) is 2.14. The Labute approximate surface area is 148 Å². The van der Waals surface area contributed by atoms with Crippen molar-refractivity contribution in [3.8, 4) is 17.2 Å². The molecule has 26 heavy (non-hydrogen) atoms. The van der Waals surface area contributed by atoms with E-state index in [1.165, 1.54) is 25.3 Å². The normalized spacial score (nSPS) is 11.6. The largest absolute Gasteiger partial charge is 0.496 e. The van der Waals surface area contributed by atoms with Crippen molar-refractivity contribution >= 4 is 17.8 Å².